The number of ether oxygens (including phenoxy) is 2. The number of aromatic nitrogens is 3. The quantitative estimate of drug-likeness (QED) is 0.768. The molecule has 3 atom stereocenters. The van der Waals surface area contributed by atoms with Gasteiger partial charge in [0.2, 0.25) is 0 Å². The third kappa shape index (κ3) is 4.49. The van der Waals surface area contributed by atoms with Crippen LogP contribution in [0.4, 0.5) is 13.2 Å². The van der Waals surface area contributed by atoms with E-state index < -0.39 is 12.1 Å². The number of nitrogens with zero attached hydrogens (tertiary/aromatic N) is 3. The molecule has 9 heteroatoms. The smallest absolute Gasteiger partial charge is 0.420 e. The summed E-state index contributed by atoms with van der Waals surface area (Å²) in [5.74, 6) is 2.01. The number of para-hydroxylation sites is 2. The van der Waals surface area contributed by atoms with Crippen LogP contribution in [0.5, 0.6) is 17.5 Å². The molecule has 1 aliphatic heterocycles. The highest BCUT2D eigenvalue weighted by Crippen LogP contribution is 2.41. The second-order valence-corrected chi connectivity index (χ2v) is 8.07. The number of halogens is 3. The Kier molecular flexibility index (Phi) is 5.42. The van der Waals surface area contributed by atoms with Gasteiger partial charge in [-0.2, -0.15) is 10.1 Å². The summed E-state index contributed by atoms with van der Waals surface area (Å²) in [5.41, 5.74) is 0. The Morgan fingerprint density at radius 2 is 1.79 bits per heavy atom. The maximum Gasteiger partial charge on any atom is 0.573 e. The maximum atomic E-state index is 12.7. The third-order valence-electron chi connectivity index (χ3n) is 5.76. The van der Waals surface area contributed by atoms with Gasteiger partial charge in [0.05, 0.1) is 6.04 Å². The molecule has 2 aromatic rings. The molecule has 1 N–H and O–H groups in total. The van der Waals surface area contributed by atoms with Crippen LogP contribution in [-0.2, 0) is 6.42 Å². The van der Waals surface area contributed by atoms with Crippen molar-refractivity contribution in [2.75, 3.05) is 13.1 Å². The second kappa shape index (κ2) is 7.85. The summed E-state index contributed by atoms with van der Waals surface area (Å²) >= 11 is 0. The van der Waals surface area contributed by atoms with E-state index in [-0.39, 0.29) is 17.8 Å². The number of rotatable bonds is 6. The zero-order valence-corrected chi connectivity index (χ0v) is 16.4. The Morgan fingerprint density at radius 3 is 2.41 bits per heavy atom. The van der Waals surface area contributed by atoms with E-state index in [9.17, 15) is 13.2 Å². The van der Waals surface area contributed by atoms with Crippen molar-refractivity contribution < 1.29 is 22.6 Å². The number of nitrogens with one attached hydrogen (secondary N) is 1. The summed E-state index contributed by atoms with van der Waals surface area (Å²) in [6, 6.07) is 5.81. The van der Waals surface area contributed by atoms with Crippen LogP contribution >= 0.6 is 0 Å². The van der Waals surface area contributed by atoms with Gasteiger partial charge in [-0.05, 0) is 69.7 Å². The first kappa shape index (κ1) is 20.0. The summed E-state index contributed by atoms with van der Waals surface area (Å²) in [6.45, 7) is 5.91. The summed E-state index contributed by atoms with van der Waals surface area (Å²) in [7, 11) is 0. The minimum atomic E-state index is -4.80. The molecule has 2 heterocycles. The van der Waals surface area contributed by atoms with Gasteiger partial charge in [-0.1, -0.05) is 12.1 Å². The number of hydrogen-bond donors (Lipinski definition) is 1. The number of benzene rings is 1. The Morgan fingerprint density at radius 1 is 1.14 bits per heavy atom. The predicted molar refractivity (Wildman–Crippen MR) is 99.9 cm³/mol. The lowest BCUT2D eigenvalue weighted by molar-refractivity contribution is -0.275. The summed E-state index contributed by atoms with van der Waals surface area (Å²) in [5, 5.41) is 8.08. The fourth-order valence-electron chi connectivity index (χ4n) is 4.43. The molecule has 1 saturated heterocycles. The molecule has 4 rings (SSSR count). The lowest BCUT2D eigenvalue weighted by Crippen LogP contribution is -2.39. The molecule has 1 unspecified atom stereocenters. The van der Waals surface area contributed by atoms with E-state index in [1.165, 1.54) is 31.0 Å². The second-order valence-electron chi connectivity index (χ2n) is 8.07. The molecule has 1 aromatic heterocycles. The molecule has 2 aliphatic rings. The van der Waals surface area contributed by atoms with Crippen LogP contribution in [0.25, 0.3) is 0 Å². The SMILES string of the molecule is CC(C)n1nc(CC2[C@@H]3CC[C@H]2CNC3)nc1Oc1ccccc1OC(F)(F)F. The van der Waals surface area contributed by atoms with Crippen molar-refractivity contribution in [2.24, 2.45) is 17.8 Å². The van der Waals surface area contributed by atoms with Crippen LogP contribution in [-0.4, -0.2) is 34.2 Å². The summed E-state index contributed by atoms with van der Waals surface area (Å²) in [4.78, 5) is 4.53. The highest BCUT2D eigenvalue weighted by Gasteiger charge is 2.39. The van der Waals surface area contributed by atoms with Crippen LogP contribution in [0.2, 0.25) is 0 Å². The molecule has 1 aliphatic carbocycles. The monoisotopic (exact) mass is 410 g/mol. The van der Waals surface area contributed by atoms with Crippen LogP contribution < -0.4 is 14.8 Å². The van der Waals surface area contributed by atoms with Crippen molar-refractivity contribution >= 4 is 0 Å². The average Bonchev–Trinajstić information content (AvgIpc) is 3.12. The van der Waals surface area contributed by atoms with Gasteiger partial charge in [0.15, 0.2) is 17.3 Å². The van der Waals surface area contributed by atoms with Crippen molar-refractivity contribution in [3.8, 4) is 17.5 Å². The molecule has 1 aromatic carbocycles. The predicted octanol–water partition coefficient (Wildman–Crippen LogP) is 4.34. The van der Waals surface area contributed by atoms with E-state index in [1.807, 2.05) is 13.8 Å². The van der Waals surface area contributed by atoms with Gasteiger partial charge < -0.3 is 14.8 Å². The van der Waals surface area contributed by atoms with Gasteiger partial charge in [-0.25, -0.2) is 4.68 Å². The highest BCUT2D eigenvalue weighted by atomic mass is 19.4. The molecule has 2 bridgehead atoms. The minimum absolute atomic E-state index is 0.0485. The number of alkyl halides is 3. The van der Waals surface area contributed by atoms with Gasteiger partial charge in [0.1, 0.15) is 0 Å². The van der Waals surface area contributed by atoms with Crippen LogP contribution in [0.1, 0.15) is 38.6 Å². The van der Waals surface area contributed by atoms with E-state index in [1.54, 1.807) is 10.7 Å². The van der Waals surface area contributed by atoms with E-state index in [0.29, 0.717) is 23.6 Å². The zero-order valence-electron chi connectivity index (χ0n) is 16.4. The number of piperidine rings is 1. The first-order valence-corrected chi connectivity index (χ1v) is 9.99. The van der Waals surface area contributed by atoms with Gasteiger partial charge >= 0.3 is 12.4 Å². The average molecular weight is 410 g/mol. The van der Waals surface area contributed by atoms with Gasteiger partial charge in [0.25, 0.3) is 0 Å². The van der Waals surface area contributed by atoms with Gasteiger partial charge in [0, 0.05) is 6.42 Å². The normalized spacial score (nSPS) is 24.1. The third-order valence-corrected chi connectivity index (χ3v) is 5.76. The van der Waals surface area contributed by atoms with Crippen molar-refractivity contribution in [3.63, 3.8) is 0 Å². The highest BCUT2D eigenvalue weighted by molar-refractivity contribution is 5.41. The van der Waals surface area contributed by atoms with Crippen molar-refractivity contribution in [1.29, 1.82) is 0 Å². The Bertz CT molecular complexity index is 836. The van der Waals surface area contributed by atoms with Crippen molar-refractivity contribution in [3.05, 3.63) is 30.1 Å². The fourth-order valence-corrected chi connectivity index (χ4v) is 4.43. The van der Waals surface area contributed by atoms with E-state index >= 15 is 0 Å². The van der Waals surface area contributed by atoms with E-state index in [2.05, 4.69) is 20.1 Å². The molecule has 0 radical (unpaired) electrons. The molecular weight excluding hydrogens is 385 g/mol. The molecule has 0 amide bonds. The lowest BCUT2D eigenvalue weighted by Gasteiger charge is -2.29. The topological polar surface area (TPSA) is 61.2 Å². The first-order chi connectivity index (χ1) is 13.8. The van der Waals surface area contributed by atoms with Crippen molar-refractivity contribution in [2.45, 2.75) is 45.5 Å². The molecule has 1 saturated carbocycles. The lowest BCUT2D eigenvalue weighted by atomic mass is 9.83. The number of hydrogen-bond acceptors (Lipinski definition) is 5. The molecule has 158 valence electrons. The largest absolute Gasteiger partial charge is 0.573 e. The van der Waals surface area contributed by atoms with E-state index in [0.717, 1.165) is 19.5 Å². The molecular formula is C20H25F3N4O2. The molecule has 29 heavy (non-hydrogen) atoms. The van der Waals surface area contributed by atoms with Crippen LogP contribution in [0.3, 0.4) is 0 Å². The summed E-state index contributed by atoms with van der Waals surface area (Å²) < 4.78 is 49.5. The Hall–Kier alpha value is -2.29. The number of fused-ring (bicyclic) bond motifs is 2. The van der Waals surface area contributed by atoms with Crippen LogP contribution in [0, 0.1) is 17.8 Å². The van der Waals surface area contributed by atoms with E-state index in [4.69, 9.17) is 4.74 Å². The van der Waals surface area contributed by atoms with Crippen molar-refractivity contribution in [1.82, 2.24) is 20.1 Å². The Labute approximate surface area is 167 Å². The zero-order chi connectivity index (χ0) is 20.6. The molecule has 6 nitrogen and oxygen atoms in total. The summed E-state index contributed by atoms with van der Waals surface area (Å²) in [6.07, 6.45) is -1.60. The Balaban J connectivity index is 1.57. The van der Waals surface area contributed by atoms with Gasteiger partial charge in [-0.15, -0.1) is 13.2 Å². The van der Waals surface area contributed by atoms with Crippen LogP contribution in [0.15, 0.2) is 24.3 Å². The standard InChI is InChI=1S/C20H25F3N4O2/c1-12(2)27-19(28-16-5-3-4-6-17(16)29-20(21,22)23)25-18(26-27)9-15-13-7-8-14(15)11-24-10-13/h3-6,12-15,24H,7-11H2,1-2H3/t13-,14+,15?. The first-order valence-electron chi connectivity index (χ1n) is 9.99. The molecule has 0 spiro atoms. The maximum absolute atomic E-state index is 12.7. The molecule has 2 fully saturated rings. The minimum Gasteiger partial charge on any atom is -0.420 e. The van der Waals surface area contributed by atoms with Gasteiger partial charge in [-0.3, -0.25) is 0 Å². The fraction of sp³-hybridized carbons (Fsp3) is 0.600.